The average molecular weight is 372 g/mol. The number of aromatic nitrogens is 1. The maximum absolute atomic E-state index is 11.0. The summed E-state index contributed by atoms with van der Waals surface area (Å²) in [5.41, 5.74) is 4.82. The number of H-pyrrole nitrogens is 1. The van der Waals surface area contributed by atoms with E-state index in [0.29, 0.717) is 0 Å². The minimum absolute atomic E-state index is 0.130. The molecule has 0 fully saturated rings. The standard InChI is InChI=1S/C17H14BrN3O2/c18-16-3-1-2-11-8-20(10-15(11)16)9-12-7-19-17-5-4-13(21(22)23)6-14(12)17/h1-7,19H,8-10H2. The molecule has 1 aliphatic rings. The number of nitrogens with one attached hydrogen (secondary N) is 1. The number of hydrogen-bond acceptors (Lipinski definition) is 3. The van der Waals surface area contributed by atoms with Gasteiger partial charge < -0.3 is 4.98 Å². The van der Waals surface area contributed by atoms with Gasteiger partial charge in [0.1, 0.15) is 0 Å². The average Bonchev–Trinajstić information content (AvgIpc) is 3.12. The van der Waals surface area contributed by atoms with Crippen molar-refractivity contribution in [3.05, 3.63) is 73.9 Å². The maximum atomic E-state index is 11.0. The van der Waals surface area contributed by atoms with E-state index in [1.165, 1.54) is 17.2 Å². The van der Waals surface area contributed by atoms with Crippen molar-refractivity contribution in [2.45, 2.75) is 19.6 Å². The second-order valence-electron chi connectivity index (χ2n) is 5.82. The minimum Gasteiger partial charge on any atom is -0.361 e. The fourth-order valence-electron chi connectivity index (χ4n) is 3.21. The van der Waals surface area contributed by atoms with Gasteiger partial charge in [0.25, 0.3) is 5.69 Å². The Bertz CT molecular complexity index is 919. The minimum atomic E-state index is -0.348. The van der Waals surface area contributed by atoms with Gasteiger partial charge in [-0.25, -0.2) is 0 Å². The first kappa shape index (κ1) is 14.4. The monoisotopic (exact) mass is 371 g/mol. The van der Waals surface area contributed by atoms with E-state index in [-0.39, 0.29) is 10.6 Å². The van der Waals surface area contributed by atoms with E-state index in [2.05, 4.69) is 44.0 Å². The van der Waals surface area contributed by atoms with Crippen molar-refractivity contribution in [1.29, 1.82) is 0 Å². The molecule has 0 saturated carbocycles. The molecule has 23 heavy (non-hydrogen) atoms. The number of nitro groups is 1. The number of hydrogen-bond donors (Lipinski definition) is 1. The highest BCUT2D eigenvalue weighted by atomic mass is 79.9. The molecule has 3 aromatic rings. The quantitative estimate of drug-likeness (QED) is 0.549. The van der Waals surface area contributed by atoms with Gasteiger partial charge in [0, 0.05) is 53.3 Å². The number of nitro benzene ring substituents is 1. The molecule has 2 heterocycles. The highest BCUT2D eigenvalue weighted by molar-refractivity contribution is 9.10. The molecular weight excluding hydrogens is 358 g/mol. The molecule has 0 bridgehead atoms. The number of fused-ring (bicyclic) bond motifs is 2. The summed E-state index contributed by atoms with van der Waals surface area (Å²) in [7, 11) is 0. The Morgan fingerprint density at radius 1 is 1.26 bits per heavy atom. The van der Waals surface area contributed by atoms with Crippen molar-refractivity contribution < 1.29 is 4.92 Å². The number of halogens is 1. The fraction of sp³-hybridized carbons (Fsp3) is 0.176. The zero-order valence-electron chi connectivity index (χ0n) is 12.3. The molecule has 4 rings (SSSR count). The molecular formula is C17H14BrN3O2. The Morgan fingerprint density at radius 3 is 2.91 bits per heavy atom. The molecule has 116 valence electrons. The molecule has 0 spiro atoms. The van der Waals surface area contributed by atoms with Gasteiger partial charge in [0.2, 0.25) is 0 Å². The first-order valence-electron chi connectivity index (χ1n) is 7.35. The predicted octanol–water partition coefficient (Wildman–Crippen LogP) is 4.35. The van der Waals surface area contributed by atoms with Crippen molar-refractivity contribution in [2.75, 3.05) is 0 Å². The predicted molar refractivity (Wildman–Crippen MR) is 92.0 cm³/mol. The van der Waals surface area contributed by atoms with Crippen molar-refractivity contribution >= 4 is 32.5 Å². The molecule has 0 saturated heterocycles. The Kier molecular flexibility index (Phi) is 3.43. The zero-order valence-corrected chi connectivity index (χ0v) is 13.8. The molecule has 1 N–H and O–H groups in total. The summed E-state index contributed by atoms with van der Waals surface area (Å²) in [4.78, 5) is 16.2. The lowest BCUT2D eigenvalue weighted by atomic mass is 10.1. The third kappa shape index (κ3) is 2.54. The van der Waals surface area contributed by atoms with Crippen molar-refractivity contribution in [3.8, 4) is 0 Å². The van der Waals surface area contributed by atoms with Gasteiger partial charge in [0.15, 0.2) is 0 Å². The molecule has 0 atom stereocenters. The summed E-state index contributed by atoms with van der Waals surface area (Å²) < 4.78 is 1.15. The first-order valence-corrected chi connectivity index (χ1v) is 8.14. The van der Waals surface area contributed by atoms with Crippen LogP contribution in [0.2, 0.25) is 0 Å². The van der Waals surface area contributed by atoms with Gasteiger partial charge in [-0.3, -0.25) is 15.0 Å². The summed E-state index contributed by atoms with van der Waals surface area (Å²) >= 11 is 3.61. The van der Waals surface area contributed by atoms with E-state index in [9.17, 15) is 10.1 Å². The normalized spacial score (nSPS) is 14.3. The lowest BCUT2D eigenvalue weighted by Gasteiger charge is -2.14. The van der Waals surface area contributed by atoms with Crippen molar-refractivity contribution in [3.63, 3.8) is 0 Å². The van der Waals surface area contributed by atoms with Crippen LogP contribution < -0.4 is 0 Å². The van der Waals surface area contributed by atoms with Crippen LogP contribution in [0.1, 0.15) is 16.7 Å². The Morgan fingerprint density at radius 2 is 2.13 bits per heavy atom. The number of nitrogens with zero attached hydrogens (tertiary/aromatic N) is 2. The van der Waals surface area contributed by atoms with Crippen LogP contribution in [0.25, 0.3) is 10.9 Å². The molecule has 2 aromatic carbocycles. The summed E-state index contributed by atoms with van der Waals surface area (Å²) in [5.74, 6) is 0. The zero-order chi connectivity index (χ0) is 16.0. The first-order chi connectivity index (χ1) is 11.1. The molecule has 0 aliphatic carbocycles. The Balaban J connectivity index is 1.63. The molecule has 1 aromatic heterocycles. The lowest BCUT2D eigenvalue weighted by Crippen LogP contribution is -2.15. The van der Waals surface area contributed by atoms with Crippen LogP contribution in [0.4, 0.5) is 5.69 Å². The van der Waals surface area contributed by atoms with Crippen LogP contribution in [0.5, 0.6) is 0 Å². The van der Waals surface area contributed by atoms with Crippen LogP contribution in [-0.4, -0.2) is 14.8 Å². The Labute approximate surface area is 141 Å². The van der Waals surface area contributed by atoms with Crippen LogP contribution >= 0.6 is 15.9 Å². The molecule has 0 unspecified atom stereocenters. The summed E-state index contributed by atoms with van der Waals surface area (Å²) in [6.45, 7) is 2.55. The molecule has 5 nitrogen and oxygen atoms in total. The molecule has 0 amide bonds. The van der Waals surface area contributed by atoms with Crippen LogP contribution in [0.3, 0.4) is 0 Å². The number of aromatic amines is 1. The molecule has 0 radical (unpaired) electrons. The van der Waals surface area contributed by atoms with E-state index in [1.807, 2.05) is 6.20 Å². The topological polar surface area (TPSA) is 62.2 Å². The second kappa shape index (κ2) is 5.47. The van der Waals surface area contributed by atoms with Gasteiger partial charge in [-0.2, -0.15) is 0 Å². The summed E-state index contributed by atoms with van der Waals surface area (Å²) in [6, 6.07) is 11.2. The van der Waals surface area contributed by atoms with E-state index in [4.69, 9.17) is 0 Å². The lowest BCUT2D eigenvalue weighted by molar-refractivity contribution is -0.384. The van der Waals surface area contributed by atoms with Gasteiger partial charge in [-0.15, -0.1) is 0 Å². The maximum Gasteiger partial charge on any atom is 0.270 e. The van der Waals surface area contributed by atoms with Crippen molar-refractivity contribution in [1.82, 2.24) is 9.88 Å². The number of rotatable bonds is 3. The highest BCUT2D eigenvalue weighted by Crippen LogP contribution is 2.32. The SMILES string of the molecule is O=[N+]([O-])c1ccc2[nH]cc(CN3Cc4cccc(Br)c4C3)c2c1. The van der Waals surface area contributed by atoms with E-state index in [1.54, 1.807) is 12.1 Å². The van der Waals surface area contributed by atoms with E-state index in [0.717, 1.165) is 40.6 Å². The third-order valence-electron chi connectivity index (χ3n) is 4.35. The fourth-order valence-corrected chi connectivity index (χ4v) is 3.75. The van der Waals surface area contributed by atoms with Gasteiger partial charge in [-0.1, -0.05) is 28.1 Å². The van der Waals surface area contributed by atoms with E-state index >= 15 is 0 Å². The van der Waals surface area contributed by atoms with Crippen LogP contribution in [0, 0.1) is 10.1 Å². The van der Waals surface area contributed by atoms with E-state index < -0.39 is 0 Å². The largest absolute Gasteiger partial charge is 0.361 e. The highest BCUT2D eigenvalue weighted by Gasteiger charge is 2.22. The van der Waals surface area contributed by atoms with Gasteiger partial charge >= 0.3 is 0 Å². The Hall–Kier alpha value is -2.18. The summed E-state index contributed by atoms with van der Waals surface area (Å²) in [6.07, 6.45) is 1.95. The summed E-state index contributed by atoms with van der Waals surface area (Å²) in [5, 5.41) is 11.9. The molecule has 1 aliphatic heterocycles. The number of benzene rings is 2. The molecule has 6 heteroatoms. The number of non-ortho nitro benzene ring substituents is 1. The van der Waals surface area contributed by atoms with Gasteiger partial charge in [-0.05, 0) is 28.8 Å². The smallest absolute Gasteiger partial charge is 0.270 e. The van der Waals surface area contributed by atoms with Crippen LogP contribution in [0.15, 0.2) is 47.1 Å². The van der Waals surface area contributed by atoms with Crippen molar-refractivity contribution in [2.24, 2.45) is 0 Å². The van der Waals surface area contributed by atoms with Gasteiger partial charge in [0.05, 0.1) is 4.92 Å². The van der Waals surface area contributed by atoms with Crippen LogP contribution in [-0.2, 0) is 19.6 Å². The third-order valence-corrected chi connectivity index (χ3v) is 5.09. The second-order valence-corrected chi connectivity index (χ2v) is 6.68.